The molecule has 0 saturated heterocycles. The number of halogens is 1. The normalized spacial score (nSPS) is 11.3. The summed E-state index contributed by atoms with van der Waals surface area (Å²) >= 11 is 1.35. The predicted molar refractivity (Wildman–Crippen MR) is 126 cm³/mol. The summed E-state index contributed by atoms with van der Waals surface area (Å²) in [5.74, 6) is 0.798. The van der Waals surface area contributed by atoms with Gasteiger partial charge in [-0.05, 0) is 42.8 Å². The molecular formula is C23H21FN4O4S. The van der Waals surface area contributed by atoms with E-state index in [-0.39, 0.29) is 12.4 Å². The summed E-state index contributed by atoms with van der Waals surface area (Å²) in [6.07, 6.45) is 2.91. The van der Waals surface area contributed by atoms with E-state index in [1.54, 1.807) is 18.2 Å². The summed E-state index contributed by atoms with van der Waals surface area (Å²) in [5.41, 5.74) is 5.37. The first-order valence-electron chi connectivity index (χ1n) is 10.0. The average molecular weight is 469 g/mol. The summed E-state index contributed by atoms with van der Waals surface area (Å²) in [6.45, 7) is 1.93. The molecule has 0 aliphatic carbocycles. The zero-order valence-electron chi connectivity index (χ0n) is 17.9. The maximum atomic E-state index is 13.8. The number of aromatic nitrogens is 2. The average Bonchev–Trinajstić information content (AvgIpc) is 3.19. The number of aliphatic hydroxyl groups excluding tert-OH is 1. The van der Waals surface area contributed by atoms with Crippen LogP contribution in [-0.2, 0) is 6.61 Å². The molecule has 0 aliphatic rings. The fraction of sp³-hybridized carbons (Fsp3) is 0.174. The highest BCUT2D eigenvalue weighted by atomic mass is 32.1. The second kappa shape index (κ2) is 9.80. The Hall–Kier alpha value is -3.76. The SMILES string of the molecule is CCOc1cc(F)ccc1-c1sc2c(NN=Cc3ccc(OC)c(O)c3)ncnc2c1CO. The van der Waals surface area contributed by atoms with Crippen LogP contribution in [0.15, 0.2) is 47.8 Å². The van der Waals surface area contributed by atoms with Gasteiger partial charge >= 0.3 is 0 Å². The van der Waals surface area contributed by atoms with Crippen molar-refractivity contribution in [2.75, 3.05) is 19.1 Å². The maximum Gasteiger partial charge on any atom is 0.167 e. The molecule has 3 N–H and O–H groups in total. The van der Waals surface area contributed by atoms with Gasteiger partial charge in [-0.2, -0.15) is 5.10 Å². The highest BCUT2D eigenvalue weighted by Crippen LogP contribution is 2.43. The second-order valence-electron chi connectivity index (χ2n) is 6.84. The molecule has 0 fully saturated rings. The molecule has 0 amide bonds. The number of nitrogens with one attached hydrogen (secondary N) is 1. The van der Waals surface area contributed by atoms with E-state index in [9.17, 15) is 14.6 Å². The number of hydrogen-bond acceptors (Lipinski definition) is 9. The minimum atomic E-state index is -0.407. The number of ether oxygens (including phenoxy) is 2. The van der Waals surface area contributed by atoms with Gasteiger partial charge in [0.2, 0.25) is 0 Å². The van der Waals surface area contributed by atoms with E-state index < -0.39 is 5.82 Å². The fourth-order valence-corrected chi connectivity index (χ4v) is 4.55. The first-order valence-corrected chi connectivity index (χ1v) is 10.8. The van der Waals surface area contributed by atoms with Crippen LogP contribution in [0, 0.1) is 5.82 Å². The molecule has 4 aromatic rings. The van der Waals surface area contributed by atoms with E-state index >= 15 is 0 Å². The Morgan fingerprint density at radius 1 is 1.18 bits per heavy atom. The van der Waals surface area contributed by atoms with Crippen LogP contribution in [0.3, 0.4) is 0 Å². The van der Waals surface area contributed by atoms with Crippen LogP contribution in [-0.4, -0.2) is 40.1 Å². The van der Waals surface area contributed by atoms with Crippen molar-refractivity contribution in [2.45, 2.75) is 13.5 Å². The molecule has 33 heavy (non-hydrogen) atoms. The Morgan fingerprint density at radius 3 is 2.76 bits per heavy atom. The van der Waals surface area contributed by atoms with Crippen molar-refractivity contribution in [3.05, 3.63) is 59.7 Å². The molecule has 0 saturated carbocycles. The lowest BCUT2D eigenvalue weighted by Gasteiger charge is -2.10. The van der Waals surface area contributed by atoms with Gasteiger partial charge in [-0.3, -0.25) is 5.43 Å². The van der Waals surface area contributed by atoms with Gasteiger partial charge in [-0.1, -0.05) is 0 Å². The van der Waals surface area contributed by atoms with E-state index in [0.717, 1.165) is 0 Å². The Kier molecular flexibility index (Phi) is 6.66. The molecule has 0 bridgehead atoms. The number of methoxy groups -OCH3 is 1. The fourth-order valence-electron chi connectivity index (χ4n) is 3.31. The molecule has 10 heteroatoms. The van der Waals surface area contributed by atoms with Crippen molar-refractivity contribution in [1.29, 1.82) is 0 Å². The third kappa shape index (κ3) is 4.57. The van der Waals surface area contributed by atoms with E-state index in [2.05, 4.69) is 20.5 Å². The smallest absolute Gasteiger partial charge is 0.167 e. The van der Waals surface area contributed by atoms with Crippen molar-refractivity contribution in [1.82, 2.24) is 9.97 Å². The van der Waals surface area contributed by atoms with Crippen LogP contribution in [0.2, 0.25) is 0 Å². The summed E-state index contributed by atoms with van der Waals surface area (Å²) in [7, 11) is 1.48. The summed E-state index contributed by atoms with van der Waals surface area (Å²) in [6, 6.07) is 9.20. The number of hydrogen-bond donors (Lipinski definition) is 3. The van der Waals surface area contributed by atoms with Gasteiger partial charge in [0, 0.05) is 22.1 Å². The number of aliphatic hydroxyl groups is 1. The number of nitrogens with zero attached hydrogens (tertiary/aromatic N) is 3. The number of phenols is 1. The number of fused-ring (bicyclic) bond motifs is 1. The number of aromatic hydroxyl groups is 1. The van der Waals surface area contributed by atoms with Crippen LogP contribution in [0.4, 0.5) is 10.2 Å². The summed E-state index contributed by atoms with van der Waals surface area (Å²) in [5, 5.41) is 24.2. The Balaban J connectivity index is 1.71. The van der Waals surface area contributed by atoms with Crippen molar-refractivity contribution in [3.63, 3.8) is 0 Å². The molecule has 4 rings (SSSR count). The number of phenolic OH excluding ortho intramolecular Hbond substituents is 1. The van der Waals surface area contributed by atoms with Crippen molar-refractivity contribution < 1.29 is 24.1 Å². The largest absolute Gasteiger partial charge is 0.504 e. The van der Waals surface area contributed by atoms with Gasteiger partial charge in [0.1, 0.15) is 17.9 Å². The first-order chi connectivity index (χ1) is 16.0. The molecular weight excluding hydrogens is 447 g/mol. The van der Waals surface area contributed by atoms with Crippen molar-refractivity contribution in [3.8, 4) is 27.7 Å². The minimum absolute atomic E-state index is 0.00534. The lowest BCUT2D eigenvalue weighted by molar-refractivity contribution is 0.284. The number of thiophene rings is 1. The molecule has 2 aromatic heterocycles. The lowest BCUT2D eigenvalue weighted by Crippen LogP contribution is -1.96. The lowest BCUT2D eigenvalue weighted by atomic mass is 10.1. The number of rotatable bonds is 8. The molecule has 170 valence electrons. The van der Waals surface area contributed by atoms with Crippen molar-refractivity contribution in [2.24, 2.45) is 5.10 Å². The third-order valence-electron chi connectivity index (χ3n) is 4.80. The van der Waals surface area contributed by atoms with E-state index in [0.29, 0.717) is 55.7 Å². The van der Waals surface area contributed by atoms with Gasteiger partial charge in [-0.25, -0.2) is 14.4 Å². The zero-order chi connectivity index (χ0) is 23.4. The van der Waals surface area contributed by atoms with Crippen LogP contribution in [0.5, 0.6) is 17.2 Å². The number of anilines is 1. The monoisotopic (exact) mass is 468 g/mol. The van der Waals surface area contributed by atoms with E-state index in [4.69, 9.17) is 9.47 Å². The van der Waals surface area contributed by atoms with Crippen LogP contribution in [0.25, 0.3) is 20.7 Å². The molecule has 2 aromatic carbocycles. The number of benzene rings is 2. The van der Waals surface area contributed by atoms with Gasteiger partial charge in [0.15, 0.2) is 17.3 Å². The van der Waals surface area contributed by atoms with Crippen LogP contribution in [0.1, 0.15) is 18.1 Å². The molecule has 0 spiro atoms. The van der Waals surface area contributed by atoms with E-state index in [1.165, 1.54) is 49.2 Å². The van der Waals surface area contributed by atoms with Gasteiger partial charge < -0.3 is 19.7 Å². The van der Waals surface area contributed by atoms with Crippen molar-refractivity contribution >= 4 is 33.6 Å². The highest BCUT2D eigenvalue weighted by Gasteiger charge is 2.20. The van der Waals surface area contributed by atoms with Gasteiger partial charge in [0.25, 0.3) is 0 Å². The Morgan fingerprint density at radius 2 is 2.03 bits per heavy atom. The molecule has 0 unspecified atom stereocenters. The Bertz CT molecular complexity index is 1330. The topological polar surface area (TPSA) is 109 Å². The molecule has 8 nitrogen and oxygen atoms in total. The minimum Gasteiger partial charge on any atom is -0.504 e. The standard InChI is InChI=1S/C23H21FN4O4S/c1-3-32-19-9-14(24)5-6-15(19)21-16(11-29)20-22(33-21)23(26-12-25-20)28-27-10-13-4-7-18(31-2)17(30)8-13/h4-10,12,29-30H,3,11H2,1-2H3,(H,25,26,28). The quantitative estimate of drug-likeness (QED) is 0.257. The van der Waals surface area contributed by atoms with E-state index in [1.807, 2.05) is 6.92 Å². The zero-order valence-corrected chi connectivity index (χ0v) is 18.7. The molecule has 0 aliphatic heterocycles. The Labute approximate surface area is 193 Å². The molecule has 0 atom stereocenters. The van der Waals surface area contributed by atoms with Crippen LogP contribution < -0.4 is 14.9 Å². The van der Waals surface area contributed by atoms with Gasteiger partial charge in [0.05, 0.1) is 36.8 Å². The third-order valence-corrected chi connectivity index (χ3v) is 6.06. The molecule has 0 radical (unpaired) electrons. The highest BCUT2D eigenvalue weighted by molar-refractivity contribution is 7.23. The molecule has 2 heterocycles. The first kappa shape index (κ1) is 22.4. The summed E-state index contributed by atoms with van der Waals surface area (Å²) in [4.78, 5) is 9.32. The van der Waals surface area contributed by atoms with Gasteiger partial charge in [-0.15, -0.1) is 11.3 Å². The van der Waals surface area contributed by atoms with Crippen LogP contribution >= 0.6 is 11.3 Å². The maximum absolute atomic E-state index is 13.8. The predicted octanol–water partition coefficient (Wildman–Crippen LogP) is 4.55. The second-order valence-corrected chi connectivity index (χ2v) is 7.86. The summed E-state index contributed by atoms with van der Waals surface area (Å²) < 4.78 is 25.1. The number of hydrazone groups is 1.